The van der Waals surface area contributed by atoms with Crippen molar-refractivity contribution < 1.29 is 0 Å². The van der Waals surface area contributed by atoms with Crippen LogP contribution in [0, 0.1) is 0 Å². The van der Waals surface area contributed by atoms with Crippen molar-refractivity contribution in [2.75, 3.05) is 9.80 Å². The van der Waals surface area contributed by atoms with Crippen LogP contribution in [-0.2, 0) is 5.41 Å². The summed E-state index contributed by atoms with van der Waals surface area (Å²) in [4.78, 5) is 4.72. The Labute approximate surface area is 353 Å². The lowest BCUT2D eigenvalue weighted by atomic mass is 9.76. The minimum absolute atomic E-state index is 0.252. The van der Waals surface area contributed by atoms with Crippen molar-refractivity contribution in [2.24, 2.45) is 0 Å². The van der Waals surface area contributed by atoms with E-state index in [0.29, 0.717) is 5.92 Å². The fourth-order valence-corrected chi connectivity index (χ4v) is 10.1. The predicted molar refractivity (Wildman–Crippen MR) is 257 cm³/mol. The van der Waals surface area contributed by atoms with Crippen molar-refractivity contribution in [3.63, 3.8) is 0 Å². The average molecular weight is 771 g/mol. The molecule has 60 heavy (non-hydrogen) atoms. The molecular formula is C58H46N2. The molecule has 288 valence electrons. The molecule has 0 aromatic heterocycles. The molecule has 10 aromatic carbocycles. The molecule has 0 radical (unpaired) electrons. The Balaban J connectivity index is 1.12. The smallest absolute Gasteiger partial charge is 0.0465 e. The standard InChI is InChI=1S/C58H46N2/c1-38(2)41-35-51-50(39-28-30-46(31-29-39)59(42-19-9-5-10-20-42)43-21-11-6-12-22-43)34-40-18-17-27-49-54(40)55(51)52(36-41)57-56(49)48-33-32-47(37-53(48)58(57,3)4)60(44-23-13-7-14-24-44)45-25-15-8-16-26-45/h5-38H,1-4H3. The molecule has 10 aromatic rings. The van der Waals surface area contributed by atoms with Crippen LogP contribution < -0.4 is 9.80 Å². The zero-order valence-electron chi connectivity index (χ0n) is 34.5. The molecule has 0 fully saturated rings. The fraction of sp³-hybridized carbons (Fsp3) is 0.103. The SMILES string of the molecule is CC(C)c1cc2c(-c3ccc(N(c4ccccc4)c4ccccc4)cc3)cc3cccc4c5c(c(c1)c2c34)C(C)(C)c1cc(N(c2ccccc2)c2ccccc2)ccc1-5. The normalized spacial score (nSPS) is 12.9. The first-order valence-electron chi connectivity index (χ1n) is 21.2. The van der Waals surface area contributed by atoms with Crippen LogP contribution in [0.2, 0.25) is 0 Å². The van der Waals surface area contributed by atoms with Gasteiger partial charge in [-0.25, -0.2) is 0 Å². The van der Waals surface area contributed by atoms with Crippen molar-refractivity contribution in [3.05, 3.63) is 217 Å². The average Bonchev–Trinajstić information content (AvgIpc) is 3.53. The molecule has 0 bridgehead atoms. The number of nitrogens with zero attached hydrogens (tertiary/aromatic N) is 2. The summed E-state index contributed by atoms with van der Waals surface area (Å²) in [6, 6.07) is 73.6. The maximum absolute atomic E-state index is 2.52. The number of hydrogen-bond acceptors (Lipinski definition) is 2. The van der Waals surface area contributed by atoms with Gasteiger partial charge in [0.15, 0.2) is 0 Å². The van der Waals surface area contributed by atoms with E-state index < -0.39 is 0 Å². The number of para-hydroxylation sites is 4. The lowest BCUT2D eigenvalue weighted by Crippen LogP contribution is -2.17. The van der Waals surface area contributed by atoms with Crippen molar-refractivity contribution >= 4 is 66.4 Å². The number of benzene rings is 10. The molecule has 0 amide bonds. The summed E-state index contributed by atoms with van der Waals surface area (Å²) in [5.41, 5.74) is 16.0. The quantitative estimate of drug-likeness (QED) is 0.142. The summed E-state index contributed by atoms with van der Waals surface area (Å²) in [6.07, 6.45) is 0. The van der Waals surface area contributed by atoms with Gasteiger partial charge >= 0.3 is 0 Å². The van der Waals surface area contributed by atoms with E-state index in [2.05, 4.69) is 238 Å². The molecule has 0 N–H and O–H groups in total. The minimum Gasteiger partial charge on any atom is -0.311 e. The third-order valence-corrected chi connectivity index (χ3v) is 12.9. The molecule has 0 saturated carbocycles. The van der Waals surface area contributed by atoms with Crippen LogP contribution in [0.4, 0.5) is 34.1 Å². The molecule has 0 aliphatic heterocycles. The van der Waals surface area contributed by atoms with E-state index in [9.17, 15) is 0 Å². The number of anilines is 6. The highest BCUT2D eigenvalue weighted by Gasteiger charge is 2.40. The van der Waals surface area contributed by atoms with Gasteiger partial charge in [-0.2, -0.15) is 0 Å². The first kappa shape index (κ1) is 36.0. The van der Waals surface area contributed by atoms with Crippen LogP contribution in [0.3, 0.4) is 0 Å². The summed E-state index contributed by atoms with van der Waals surface area (Å²) >= 11 is 0. The summed E-state index contributed by atoms with van der Waals surface area (Å²) in [6.45, 7) is 9.55. The van der Waals surface area contributed by atoms with Gasteiger partial charge in [-0.05, 0) is 156 Å². The van der Waals surface area contributed by atoms with Gasteiger partial charge in [0.25, 0.3) is 0 Å². The van der Waals surface area contributed by atoms with Gasteiger partial charge in [0, 0.05) is 39.5 Å². The van der Waals surface area contributed by atoms with Crippen LogP contribution in [0.1, 0.15) is 50.3 Å². The number of hydrogen-bond donors (Lipinski definition) is 0. The lowest BCUT2D eigenvalue weighted by molar-refractivity contribution is 0.666. The monoisotopic (exact) mass is 770 g/mol. The van der Waals surface area contributed by atoms with Gasteiger partial charge in [0.1, 0.15) is 0 Å². The molecule has 2 heteroatoms. The van der Waals surface area contributed by atoms with Gasteiger partial charge in [-0.3, -0.25) is 0 Å². The van der Waals surface area contributed by atoms with Crippen LogP contribution in [0.5, 0.6) is 0 Å². The minimum atomic E-state index is -0.252. The number of rotatable bonds is 8. The molecule has 1 aliphatic carbocycles. The highest BCUT2D eigenvalue weighted by Crippen LogP contribution is 2.58. The Hall–Kier alpha value is -7.16. The Morgan fingerprint density at radius 3 is 1.45 bits per heavy atom. The molecule has 0 unspecified atom stereocenters. The van der Waals surface area contributed by atoms with E-state index in [-0.39, 0.29) is 5.41 Å². The topological polar surface area (TPSA) is 6.48 Å². The van der Waals surface area contributed by atoms with E-state index in [1.165, 1.54) is 76.9 Å². The Bertz CT molecular complexity index is 3090. The highest BCUT2D eigenvalue weighted by atomic mass is 15.1. The van der Waals surface area contributed by atoms with Crippen LogP contribution in [-0.4, -0.2) is 0 Å². The zero-order valence-corrected chi connectivity index (χ0v) is 34.5. The van der Waals surface area contributed by atoms with E-state index in [0.717, 1.165) is 28.4 Å². The molecule has 1 aliphatic rings. The van der Waals surface area contributed by atoms with Gasteiger partial charge < -0.3 is 9.80 Å². The Morgan fingerprint density at radius 1 is 0.400 bits per heavy atom. The summed E-state index contributed by atoms with van der Waals surface area (Å²) in [7, 11) is 0. The second-order valence-electron chi connectivity index (χ2n) is 17.1. The predicted octanol–water partition coefficient (Wildman–Crippen LogP) is 16.6. The molecule has 0 heterocycles. The van der Waals surface area contributed by atoms with Crippen molar-refractivity contribution in [3.8, 4) is 22.3 Å². The van der Waals surface area contributed by atoms with Crippen LogP contribution in [0.25, 0.3) is 54.6 Å². The molecule has 0 spiro atoms. The van der Waals surface area contributed by atoms with E-state index in [1.807, 2.05) is 0 Å². The second kappa shape index (κ2) is 14.0. The molecular weight excluding hydrogens is 725 g/mol. The van der Waals surface area contributed by atoms with Crippen LogP contribution in [0.15, 0.2) is 200 Å². The van der Waals surface area contributed by atoms with Crippen molar-refractivity contribution in [2.45, 2.75) is 39.0 Å². The lowest BCUT2D eigenvalue weighted by Gasteiger charge is -2.29. The molecule has 0 atom stereocenters. The first-order valence-corrected chi connectivity index (χ1v) is 21.2. The van der Waals surface area contributed by atoms with Crippen molar-refractivity contribution in [1.82, 2.24) is 0 Å². The van der Waals surface area contributed by atoms with Gasteiger partial charge in [0.05, 0.1) is 0 Å². The van der Waals surface area contributed by atoms with Gasteiger partial charge in [-0.1, -0.05) is 149 Å². The Kier molecular flexibility index (Phi) is 8.39. The maximum atomic E-state index is 2.52. The zero-order chi connectivity index (χ0) is 40.5. The second-order valence-corrected chi connectivity index (χ2v) is 17.1. The molecule has 2 nitrogen and oxygen atoms in total. The first-order chi connectivity index (χ1) is 29.4. The van der Waals surface area contributed by atoms with Crippen molar-refractivity contribution in [1.29, 1.82) is 0 Å². The maximum Gasteiger partial charge on any atom is 0.0465 e. The molecule has 11 rings (SSSR count). The molecule has 0 saturated heterocycles. The van der Waals surface area contributed by atoms with E-state index >= 15 is 0 Å². The van der Waals surface area contributed by atoms with Gasteiger partial charge in [0.2, 0.25) is 0 Å². The van der Waals surface area contributed by atoms with Gasteiger partial charge in [-0.15, -0.1) is 0 Å². The largest absolute Gasteiger partial charge is 0.311 e. The Morgan fingerprint density at radius 2 is 0.900 bits per heavy atom. The third-order valence-electron chi connectivity index (χ3n) is 12.9. The summed E-state index contributed by atoms with van der Waals surface area (Å²) in [5.74, 6) is 0.367. The highest BCUT2D eigenvalue weighted by molar-refractivity contribution is 6.31. The summed E-state index contributed by atoms with van der Waals surface area (Å²) in [5, 5.41) is 8.05. The number of fused-ring (bicyclic) bond motifs is 5. The van der Waals surface area contributed by atoms with E-state index in [4.69, 9.17) is 0 Å². The summed E-state index contributed by atoms with van der Waals surface area (Å²) < 4.78 is 0. The van der Waals surface area contributed by atoms with Crippen LogP contribution >= 0.6 is 0 Å². The van der Waals surface area contributed by atoms with E-state index in [1.54, 1.807) is 0 Å². The third kappa shape index (κ3) is 5.62. The fourth-order valence-electron chi connectivity index (χ4n) is 10.1.